The van der Waals surface area contributed by atoms with Gasteiger partial charge in [-0.05, 0) is 11.8 Å². The number of hydrogen-bond donors (Lipinski definition) is 2. The molecule has 15 heavy (non-hydrogen) atoms. The normalized spacial score (nSPS) is 35.7. The molecule has 2 heterocycles. The van der Waals surface area contributed by atoms with E-state index >= 15 is 0 Å². The summed E-state index contributed by atoms with van der Waals surface area (Å²) in [6.45, 7) is 9.03. The highest BCUT2D eigenvalue weighted by atomic mass is 16.4. The predicted octanol–water partition coefficient (Wildman–Crippen LogP) is 1.37. The van der Waals surface area contributed by atoms with Crippen molar-refractivity contribution in [2.75, 3.05) is 19.6 Å². The Labute approximate surface area is 90.6 Å². The van der Waals surface area contributed by atoms with E-state index in [9.17, 15) is 4.79 Å². The van der Waals surface area contributed by atoms with E-state index in [0.29, 0.717) is 19.1 Å². The molecule has 0 aromatic carbocycles. The minimum atomic E-state index is -0.772. The van der Waals surface area contributed by atoms with Gasteiger partial charge in [0, 0.05) is 31.1 Å². The third kappa shape index (κ3) is 1.61. The van der Waals surface area contributed by atoms with Gasteiger partial charge in [-0.2, -0.15) is 0 Å². The lowest BCUT2D eigenvalue weighted by molar-refractivity contribution is 0.0152. The van der Waals surface area contributed by atoms with Gasteiger partial charge in [-0.3, -0.25) is 0 Å². The van der Waals surface area contributed by atoms with Gasteiger partial charge in [0.05, 0.1) is 0 Å². The van der Waals surface area contributed by atoms with E-state index in [1.54, 1.807) is 4.90 Å². The minimum Gasteiger partial charge on any atom is -0.465 e. The Hall–Kier alpha value is -0.770. The fourth-order valence-corrected chi connectivity index (χ4v) is 3.16. The van der Waals surface area contributed by atoms with E-state index in [1.165, 1.54) is 0 Å². The van der Waals surface area contributed by atoms with Gasteiger partial charge in [0.15, 0.2) is 0 Å². The van der Waals surface area contributed by atoms with Crippen molar-refractivity contribution < 1.29 is 9.90 Å². The van der Waals surface area contributed by atoms with Crippen molar-refractivity contribution in [3.63, 3.8) is 0 Å². The average Bonchev–Trinajstić information content (AvgIpc) is 2.44. The monoisotopic (exact) mass is 212 g/mol. The molecule has 86 valence electrons. The van der Waals surface area contributed by atoms with Gasteiger partial charge in [-0.1, -0.05) is 20.8 Å². The molecular weight excluding hydrogens is 192 g/mol. The summed E-state index contributed by atoms with van der Waals surface area (Å²) in [5, 5.41) is 12.4. The maximum atomic E-state index is 10.9. The van der Waals surface area contributed by atoms with Crippen LogP contribution >= 0.6 is 0 Å². The smallest absolute Gasteiger partial charge is 0.407 e. The quantitative estimate of drug-likeness (QED) is 0.637. The Kier molecular flexibility index (Phi) is 2.23. The van der Waals surface area contributed by atoms with E-state index in [-0.39, 0.29) is 10.8 Å². The number of nitrogens with one attached hydrogen (secondary N) is 1. The molecule has 2 N–H and O–H groups in total. The first-order chi connectivity index (χ1) is 6.85. The van der Waals surface area contributed by atoms with Gasteiger partial charge < -0.3 is 15.3 Å². The van der Waals surface area contributed by atoms with Crippen molar-refractivity contribution >= 4 is 6.09 Å². The second kappa shape index (κ2) is 3.11. The minimum absolute atomic E-state index is 0.205. The third-order valence-electron chi connectivity index (χ3n) is 3.79. The predicted molar refractivity (Wildman–Crippen MR) is 57.9 cm³/mol. The van der Waals surface area contributed by atoms with Crippen molar-refractivity contribution in [1.29, 1.82) is 0 Å². The molecule has 2 aliphatic heterocycles. The Balaban J connectivity index is 2.08. The summed E-state index contributed by atoms with van der Waals surface area (Å²) in [6.07, 6.45) is 0.236. The number of hydrogen-bond acceptors (Lipinski definition) is 2. The summed E-state index contributed by atoms with van der Waals surface area (Å²) in [4.78, 5) is 12.4. The molecule has 0 radical (unpaired) electrons. The first-order valence-corrected chi connectivity index (χ1v) is 5.56. The summed E-state index contributed by atoms with van der Waals surface area (Å²) in [5.41, 5.74) is 0.420. The molecule has 0 aromatic rings. The fourth-order valence-electron chi connectivity index (χ4n) is 3.16. The van der Waals surface area contributed by atoms with Crippen molar-refractivity contribution in [2.45, 2.75) is 33.2 Å². The molecule has 2 fully saturated rings. The Bertz CT molecular complexity index is 285. The summed E-state index contributed by atoms with van der Waals surface area (Å²) in [5.74, 6) is 0. The van der Waals surface area contributed by atoms with Crippen LogP contribution in [0.4, 0.5) is 4.79 Å². The highest BCUT2D eigenvalue weighted by Crippen LogP contribution is 2.46. The van der Waals surface area contributed by atoms with E-state index in [4.69, 9.17) is 5.11 Å². The van der Waals surface area contributed by atoms with Gasteiger partial charge in [-0.25, -0.2) is 4.79 Å². The van der Waals surface area contributed by atoms with Crippen LogP contribution in [0.3, 0.4) is 0 Å². The molecule has 0 aliphatic carbocycles. The maximum Gasteiger partial charge on any atom is 0.407 e. The highest BCUT2D eigenvalue weighted by molar-refractivity contribution is 5.65. The first kappa shape index (κ1) is 10.7. The number of nitrogens with zero attached hydrogens (tertiary/aromatic N) is 1. The van der Waals surface area contributed by atoms with Crippen LogP contribution in [0.15, 0.2) is 0 Å². The zero-order valence-corrected chi connectivity index (χ0v) is 9.71. The molecule has 0 saturated carbocycles. The number of likely N-dealkylation sites (tertiary alicyclic amines) is 1. The molecule has 4 heteroatoms. The van der Waals surface area contributed by atoms with Gasteiger partial charge in [0.25, 0.3) is 0 Å². The van der Waals surface area contributed by atoms with Crippen LogP contribution < -0.4 is 5.32 Å². The second-order valence-electron chi connectivity index (χ2n) is 6.00. The lowest BCUT2D eigenvalue weighted by Crippen LogP contribution is -2.68. The fraction of sp³-hybridized carbons (Fsp3) is 0.909. The van der Waals surface area contributed by atoms with Crippen LogP contribution in [0.5, 0.6) is 0 Å². The first-order valence-electron chi connectivity index (χ1n) is 5.56. The largest absolute Gasteiger partial charge is 0.465 e. The standard InChI is InChI=1S/C11H20N2O2/c1-10(2,3)8-11(6-12-8)4-5-13(7-11)9(14)15/h8,12H,4-7H2,1-3H3,(H,14,15). The second-order valence-corrected chi connectivity index (χ2v) is 6.00. The Morgan fingerprint density at radius 3 is 2.53 bits per heavy atom. The van der Waals surface area contributed by atoms with E-state index in [2.05, 4.69) is 26.1 Å². The topological polar surface area (TPSA) is 52.6 Å². The summed E-state index contributed by atoms with van der Waals surface area (Å²) < 4.78 is 0. The molecule has 2 unspecified atom stereocenters. The molecule has 0 bridgehead atoms. The lowest BCUT2D eigenvalue weighted by atomic mass is 9.63. The van der Waals surface area contributed by atoms with Crippen molar-refractivity contribution in [1.82, 2.24) is 10.2 Å². The molecule has 4 nitrogen and oxygen atoms in total. The number of amides is 1. The van der Waals surface area contributed by atoms with Crippen LogP contribution in [0, 0.1) is 10.8 Å². The van der Waals surface area contributed by atoms with Crippen LogP contribution in [0.2, 0.25) is 0 Å². The number of carbonyl (C=O) groups is 1. The van der Waals surface area contributed by atoms with Crippen molar-refractivity contribution in [2.24, 2.45) is 10.8 Å². The van der Waals surface area contributed by atoms with Gasteiger partial charge in [-0.15, -0.1) is 0 Å². The highest BCUT2D eigenvalue weighted by Gasteiger charge is 2.55. The molecule has 2 aliphatic rings. The number of carboxylic acid groups (broad SMARTS) is 1. The molecule has 2 atom stereocenters. The van der Waals surface area contributed by atoms with Crippen molar-refractivity contribution in [3.8, 4) is 0 Å². The Morgan fingerprint density at radius 2 is 2.20 bits per heavy atom. The van der Waals surface area contributed by atoms with Gasteiger partial charge >= 0.3 is 6.09 Å². The van der Waals surface area contributed by atoms with Crippen LogP contribution in [-0.4, -0.2) is 41.8 Å². The maximum absolute atomic E-state index is 10.9. The molecule has 2 rings (SSSR count). The molecule has 0 aromatic heterocycles. The van der Waals surface area contributed by atoms with Crippen LogP contribution in [0.1, 0.15) is 27.2 Å². The molecule has 1 amide bonds. The molecular formula is C11H20N2O2. The average molecular weight is 212 g/mol. The third-order valence-corrected chi connectivity index (χ3v) is 3.79. The zero-order chi connectivity index (χ0) is 11.3. The number of rotatable bonds is 0. The lowest BCUT2D eigenvalue weighted by Gasteiger charge is -2.54. The van der Waals surface area contributed by atoms with Gasteiger partial charge in [0.2, 0.25) is 0 Å². The Morgan fingerprint density at radius 1 is 1.53 bits per heavy atom. The van der Waals surface area contributed by atoms with E-state index in [1.807, 2.05) is 0 Å². The summed E-state index contributed by atoms with van der Waals surface area (Å²) >= 11 is 0. The van der Waals surface area contributed by atoms with Crippen LogP contribution in [0.25, 0.3) is 0 Å². The summed E-state index contributed by atoms with van der Waals surface area (Å²) in [7, 11) is 0. The molecule has 2 saturated heterocycles. The van der Waals surface area contributed by atoms with Crippen molar-refractivity contribution in [3.05, 3.63) is 0 Å². The molecule has 1 spiro atoms. The zero-order valence-electron chi connectivity index (χ0n) is 9.71. The van der Waals surface area contributed by atoms with E-state index < -0.39 is 6.09 Å². The summed E-state index contributed by atoms with van der Waals surface area (Å²) in [6, 6.07) is 0.453. The van der Waals surface area contributed by atoms with Gasteiger partial charge in [0.1, 0.15) is 0 Å². The van der Waals surface area contributed by atoms with E-state index in [0.717, 1.165) is 13.0 Å². The van der Waals surface area contributed by atoms with Crippen LogP contribution in [-0.2, 0) is 0 Å². The SMILES string of the molecule is CC(C)(C)C1NCC12CCN(C(=O)O)C2.